The number of hydrogen-bond donors (Lipinski definition) is 2. The number of methoxy groups -OCH3 is 1. The van der Waals surface area contributed by atoms with Crippen molar-refractivity contribution in [1.29, 1.82) is 0 Å². The molecular formula is C14H28N2O3. The van der Waals surface area contributed by atoms with Crippen molar-refractivity contribution < 1.29 is 14.6 Å². The van der Waals surface area contributed by atoms with Crippen molar-refractivity contribution in [3.63, 3.8) is 0 Å². The molecule has 1 saturated heterocycles. The lowest BCUT2D eigenvalue weighted by molar-refractivity contribution is 0.0503. The first-order chi connectivity index (χ1) is 8.98. The fourth-order valence-corrected chi connectivity index (χ4v) is 2.25. The van der Waals surface area contributed by atoms with Crippen molar-refractivity contribution in [2.45, 2.75) is 45.6 Å². The van der Waals surface area contributed by atoms with Crippen molar-refractivity contribution in [3.05, 3.63) is 0 Å². The Labute approximate surface area is 116 Å². The molecule has 0 unspecified atom stereocenters. The average molecular weight is 272 g/mol. The zero-order valence-corrected chi connectivity index (χ0v) is 12.4. The van der Waals surface area contributed by atoms with Crippen molar-refractivity contribution in [2.24, 2.45) is 5.41 Å². The van der Waals surface area contributed by atoms with E-state index in [9.17, 15) is 4.79 Å². The number of piperidine rings is 1. The zero-order chi connectivity index (χ0) is 14.3. The van der Waals surface area contributed by atoms with Crippen LogP contribution in [0.15, 0.2) is 0 Å². The molecule has 0 aliphatic carbocycles. The summed E-state index contributed by atoms with van der Waals surface area (Å²) >= 11 is 0. The van der Waals surface area contributed by atoms with Gasteiger partial charge in [-0.2, -0.15) is 0 Å². The van der Waals surface area contributed by atoms with E-state index in [1.807, 2.05) is 18.7 Å². The largest absolute Gasteiger partial charge is 0.396 e. The molecule has 0 radical (unpaired) electrons. The Balaban J connectivity index is 2.15. The van der Waals surface area contributed by atoms with Gasteiger partial charge in [-0.1, -0.05) is 13.8 Å². The number of nitrogens with zero attached hydrogens (tertiary/aromatic N) is 1. The minimum Gasteiger partial charge on any atom is -0.396 e. The lowest BCUT2D eigenvalue weighted by atomic mass is 9.89. The quantitative estimate of drug-likeness (QED) is 0.722. The highest BCUT2D eigenvalue weighted by molar-refractivity contribution is 5.74. The van der Waals surface area contributed by atoms with Crippen LogP contribution in [0.3, 0.4) is 0 Å². The number of carbonyl (C=O) groups is 1. The van der Waals surface area contributed by atoms with Crippen molar-refractivity contribution in [1.82, 2.24) is 10.2 Å². The highest BCUT2D eigenvalue weighted by Crippen LogP contribution is 2.20. The SMILES string of the molecule is COC1CCN(C(=O)NCCCC(C)(C)CO)CC1. The highest BCUT2D eigenvalue weighted by Gasteiger charge is 2.22. The first kappa shape index (κ1) is 16.2. The number of likely N-dealkylation sites (tertiary alicyclic amines) is 1. The number of hydrogen-bond acceptors (Lipinski definition) is 3. The third kappa shape index (κ3) is 5.78. The van der Waals surface area contributed by atoms with Gasteiger partial charge in [0.15, 0.2) is 0 Å². The highest BCUT2D eigenvalue weighted by atomic mass is 16.5. The minimum absolute atomic E-state index is 0.0244. The molecule has 1 heterocycles. The molecule has 1 aliphatic rings. The van der Waals surface area contributed by atoms with Gasteiger partial charge in [0.1, 0.15) is 0 Å². The molecule has 0 saturated carbocycles. The third-order valence-corrected chi connectivity index (χ3v) is 3.80. The van der Waals surface area contributed by atoms with Crippen molar-refractivity contribution in [2.75, 3.05) is 33.4 Å². The maximum absolute atomic E-state index is 11.9. The Morgan fingerprint density at radius 2 is 2.05 bits per heavy atom. The fraction of sp³-hybridized carbons (Fsp3) is 0.929. The molecular weight excluding hydrogens is 244 g/mol. The molecule has 0 aromatic rings. The molecule has 112 valence electrons. The molecule has 2 amide bonds. The van der Waals surface area contributed by atoms with Gasteiger partial charge < -0.3 is 20.1 Å². The van der Waals surface area contributed by atoms with Crippen LogP contribution in [0.4, 0.5) is 4.79 Å². The van der Waals surface area contributed by atoms with E-state index in [0.29, 0.717) is 12.6 Å². The maximum Gasteiger partial charge on any atom is 0.317 e. The number of aliphatic hydroxyl groups is 1. The van der Waals surface area contributed by atoms with E-state index in [4.69, 9.17) is 9.84 Å². The van der Waals surface area contributed by atoms with Crippen LogP contribution in [0, 0.1) is 5.41 Å². The van der Waals surface area contributed by atoms with Crippen LogP contribution in [0.2, 0.25) is 0 Å². The monoisotopic (exact) mass is 272 g/mol. The number of nitrogens with one attached hydrogen (secondary N) is 1. The number of carbonyl (C=O) groups excluding carboxylic acids is 1. The van der Waals surface area contributed by atoms with Gasteiger partial charge >= 0.3 is 6.03 Å². The molecule has 5 nitrogen and oxygen atoms in total. The van der Waals surface area contributed by atoms with E-state index in [0.717, 1.165) is 38.8 Å². The van der Waals surface area contributed by atoms with Gasteiger partial charge in [-0.05, 0) is 31.1 Å². The lowest BCUT2D eigenvalue weighted by Crippen LogP contribution is -2.46. The van der Waals surface area contributed by atoms with Crippen molar-refractivity contribution >= 4 is 6.03 Å². The molecule has 2 N–H and O–H groups in total. The summed E-state index contributed by atoms with van der Waals surface area (Å²) in [6.07, 6.45) is 3.95. The van der Waals surface area contributed by atoms with Crippen LogP contribution >= 0.6 is 0 Å². The Morgan fingerprint density at radius 3 is 2.58 bits per heavy atom. The van der Waals surface area contributed by atoms with Crippen LogP contribution in [0.25, 0.3) is 0 Å². The van der Waals surface area contributed by atoms with Crippen LogP contribution < -0.4 is 5.32 Å². The van der Waals surface area contributed by atoms with Gasteiger partial charge in [0, 0.05) is 33.4 Å². The van der Waals surface area contributed by atoms with Crippen LogP contribution in [-0.4, -0.2) is 55.5 Å². The Morgan fingerprint density at radius 1 is 1.42 bits per heavy atom. The summed E-state index contributed by atoms with van der Waals surface area (Å²) in [4.78, 5) is 13.8. The standard InChI is InChI=1S/C14H28N2O3/c1-14(2,11-17)7-4-8-15-13(18)16-9-5-12(19-3)6-10-16/h12,17H,4-11H2,1-3H3,(H,15,18). The van der Waals surface area contributed by atoms with Gasteiger partial charge in [-0.3, -0.25) is 0 Å². The summed E-state index contributed by atoms with van der Waals surface area (Å²) in [5, 5.41) is 12.1. The smallest absolute Gasteiger partial charge is 0.317 e. The number of rotatable bonds is 6. The summed E-state index contributed by atoms with van der Waals surface area (Å²) in [5.74, 6) is 0. The second-order valence-corrected chi connectivity index (χ2v) is 6.08. The molecule has 0 bridgehead atoms. The van der Waals surface area contributed by atoms with Crippen LogP contribution in [0.1, 0.15) is 39.5 Å². The summed E-state index contributed by atoms with van der Waals surface area (Å²) in [7, 11) is 1.73. The predicted molar refractivity (Wildman–Crippen MR) is 75.1 cm³/mol. The van der Waals surface area contributed by atoms with Crippen LogP contribution in [0.5, 0.6) is 0 Å². The number of amides is 2. The van der Waals surface area contributed by atoms with E-state index >= 15 is 0 Å². The molecule has 5 heteroatoms. The first-order valence-electron chi connectivity index (χ1n) is 7.15. The maximum atomic E-state index is 11.9. The lowest BCUT2D eigenvalue weighted by Gasteiger charge is -2.31. The van der Waals surface area contributed by atoms with E-state index < -0.39 is 0 Å². The molecule has 0 spiro atoms. The summed E-state index contributed by atoms with van der Waals surface area (Å²) < 4.78 is 5.29. The van der Waals surface area contributed by atoms with E-state index in [1.54, 1.807) is 7.11 Å². The Bertz CT molecular complexity index is 274. The molecule has 0 aromatic heterocycles. The summed E-state index contributed by atoms with van der Waals surface area (Å²) in [6.45, 7) is 6.46. The molecule has 0 atom stereocenters. The Hall–Kier alpha value is -0.810. The first-order valence-corrected chi connectivity index (χ1v) is 7.15. The number of ether oxygens (including phenoxy) is 1. The fourth-order valence-electron chi connectivity index (χ4n) is 2.25. The normalized spacial score (nSPS) is 17.6. The zero-order valence-electron chi connectivity index (χ0n) is 12.4. The summed E-state index contributed by atoms with van der Waals surface area (Å²) in [6, 6.07) is 0.0244. The van der Waals surface area contributed by atoms with Gasteiger partial charge in [-0.25, -0.2) is 4.79 Å². The topological polar surface area (TPSA) is 61.8 Å². The second-order valence-electron chi connectivity index (χ2n) is 6.08. The molecule has 1 fully saturated rings. The molecule has 19 heavy (non-hydrogen) atoms. The predicted octanol–water partition coefficient (Wildman–Crippen LogP) is 1.61. The summed E-state index contributed by atoms with van der Waals surface area (Å²) in [5.41, 5.74) is -0.0540. The van der Waals surface area contributed by atoms with Gasteiger partial charge in [-0.15, -0.1) is 0 Å². The number of urea groups is 1. The minimum atomic E-state index is -0.0540. The van der Waals surface area contributed by atoms with Gasteiger partial charge in [0.25, 0.3) is 0 Å². The van der Waals surface area contributed by atoms with Crippen LogP contribution in [-0.2, 0) is 4.74 Å². The third-order valence-electron chi connectivity index (χ3n) is 3.80. The molecule has 1 aliphatic heterocycles. The Kier molecular flexibility index (Phi) is 6.58. The van der Waals surface area contributed by atoms with Gasteiger partial charge in [0.2, 0.25) is 0 Å². The molecule has 0 aromatic carbocycles. The van der Waals surface area contributed by atoms with E-state index in [1.165, 1.54) is 0 Å². The van der Waals surface area contributed by atoms with Crippen molar-refractivity contribution in [3.8, 4) is 0 Å². The molecule has 1 rings (SSSR count). The van der Waals surface area contributed by atoms with E-state index in [-0.39, 0.29) is 18.1 Å². The second kappa shape index (κ2) is 7.70. The number of aliphatic hydroxyl groups excluding tert-OH is 1. The van der Waals surface area contributed by atoms with E-state index in [2.05, 4.69) is 5.32 Å². The average Bonchev–Trinajstić information content (AvgIpc) is 2.43. The van der Waals surface area contributed by atoms with Gasteiger partial charge in [0.05, 0.1) is 6.10 Å².